The number of rotatable bonds is 4. The van der Waals surface area contributed by atoms with E-state index in [1.165, 1.54) is 6.20 Å². The first kappa shape index (κ1) is 14.6. The van der Waals surface area contributed by atoms with Crippen LogP contribution in [0.5, 0.6) is 0 Å². The summed E-state index contributed by atoms with van der Waals surface area (Å²) in [6.45, 7) is 0. The van der Waals surface area contributed by atoms with Crippen molar-refractivity contribution in [1.29, 1.82) is 5.26 Å². The van der Waals surface area contributed by atoms with Gasteiger partial charge in [0, 0.05) is 23.1 Å². The molecule has 1 amide bonds. The number of carbonyl (C=O) groups excluding carboxylic acids is 1. The minimum absolute atomic E-state index is 0.0566. The van der Waals surface area contributed by atoms with Gasteiger partial charge in [0.15, 0.2) is 0 Å². The highest BCUT2D eigenvalue weighted by atomic mass is 35.5. The van der Waals surface area contributed by atoms with Crippen molar-refractivity contribution in [2.75, 3.05) is 10.6 Å². The van der Waals surface area contributed by atoms with E-state index in [4.69, 9.17) is 16.9 Å². The van der Waals surface area contributed by atoms with Crippen LogP contribution in [-0.4, -0.2) is 10.9 Å². The fraction of sp³-hybridized carbons (Fsp3) is 0. The van der Waals surface area contributed by atoms with E-state index in [1.54, 1.807) is 48.8 Å². The quantitative estimate of drug-likeness (QED) is 0.671. The molecule has 0 unspecified atom stereocenters. The number of benzene rings is 1. The molecule has 0 aliphatic rings. The number of pyridine rings is 1. The van der Waals surface area contributed by atoms with Gasteiger partial charge >= 0.3 is 0 Å². The number of hydrogen-bond acceptors (Lipinski definition) is 4. The second kappa shape index (κ2) is 7.08. The van der Waals surface area contributed by atoms with Gasteiger partial charge in [-0.1, -0.05) is 17.7 Å². The number of nitriles is 1. The van der Waals surface area contributed by atoms with Gasteiger partial charge in [0.2, 0.25) is 0 Å². The van der Waals surface area contributed by atoms with Gasteiger partial charge in [-0.3, -0.25) is 9.78 Å². The van der Waals surface area contributed by atoms with Gasteiger partial charge in [-0.05, 0) is 30.3 Å². The average molecular weight is 299 g/mol. The molecule has 0 saturated carbocycles. The van der Waals surface area contributed by atoms with E-state index in [0.717, 1.165) is 0 Å². The molecule has 5 nitrogen and oxygen atoms in total. The normalized spacial score (nSPS) is 10.6. The van der Waals surface area contributed by atoms with Crippen LogP contribution in [0.15, 0.2) is 60.6 Å². The molecule has 2 N–H and O–H groups in total. The monoisotopic (exact) mass is 298 g/mol. The second-order valence-corrected chi connectivity index (χ2v) is 4.46. The van der Waals surface area contributed by atoms with Crippen LogP contribution in [0, 0.1) is 11.3 Å². The van der Waals surface area contributed by atoms with Crippen molar-refractivity contribution in [3.05, 3.63) is 65.6 Å². The Hall–Kier alpha value is -2.84. The molecule has 0 aliphatic heterocycles. The van der Waals surface area contributed by atoms with Gasteiger partial charge in [0.05, 0.1) is 11.9 Å². The highest BCUT2D eigenvalue weighted by Crippen LogP contribution is 2.15. The van der Waals surface area contributed by atoms with Crippen LogP contribution in [0.25, 0.3) is 0 Å². The van der Waals surface area contributed by atoms with Crippen molar-refractivity contribution in [2.45, 2.75) is 0 Å². The maximum absolute atomic E-state index is 12.0. The predicted octanol–water partition coefficient (Wildman–Crippen LogP) is 3.19. The molecular weight excluding hydrogens is 288 g/mol. The van der Waals surface area contributed by atoms with E-state index in [-0.39, 0.29) is 5.57 Å². The lowest BCUT2D eigenvalue weighted by Crippen LogP contribution is -2.14. The Bertz CT molecular complexity index is 707. The molecule has 0 fully saturated rings. The van der Waals surface area contributed by atoms with Gasteiger partial charge in [-0.2, -0.15) is 5.26 Å². The average Bonchev–Trinajstić information content (AvgIpc) is 2.49. The van der Waals surface area contributed by atoms with Crippen molar-refractivity contribution in [1.82, 2.24) is 4.98 Å². The minimum Gasteiger partial charge on any atom is -0.359 e. The van der Waals surface area contributed by atoms with E-state index >= 15 is 0 Å². The summed E-state index contributed by atoms with van der Waals surface area (Å²) >= 11 is 5.83. The third kappa shape index (κ3) is 4.34. The Morgan fingerprint density at radius 3 is 2.76 bits per heavy atom. The summed E-state index contributed by atoms with van der Waals surface area (Å²) in [7, 11) is 0. The Kier molecular flexibility index (Phi) is 4.91. The number of amides is 1. The SMILES string of the molecule is N#C/C(=C/Nc1cccnc1)C(=O)Nc1cccc(Cl)c1. The minimum atomic E-state index is -0.517. The molecule has 0 atom stereocenters. The Balaban J connectivity index is 2.07. The van der Waals surface area contributed by atoms with Gasteiger partial charge < -0.3 is 10.6 Å². The standard InChI is InChI=1S/C15H11ClN4O/c16-12-3-1-4-13(7-12)20-15(21)11(8-17)9-19-14-5-2-6-18-10-14/h1-7,9-10,19H,(H,20,21)/b11-9-. The number of nitrogens with zero attached hydrogens (tertiary/aromatic N) is 2. The molecule has 0 bridgehead atoms. The second-order valence-electron chi connectivity index (χ2n) is 4.02. The topological polar surface area (TPSA) is 77.8 Å². The van der Waals surface area contributed by atoms with Crippen LogP contribution < -0.4 is 10.6 Å². The maximum Gasteiger partial charge on any atom is 0.267 e. The lowest BCUT2D eigenvalue weighted by atomic mass is 10.2. The Morgan fingerprint density at radius 2 is 2.10 bits per heavy atom. The molecule has 6 heteroatoms. The van der Waals surface area contributed by atoms with Crippen molar-refractivity contribution in [3.63, 3.8) is 0 Å². The van der Waals surface area contributed by atoms with E-state index in [2.05, 4.69) is 15.6 Å². The highest BCUT2D eigenvalue weighted by molar-refractivity contribution is 6.31. The van der Waals surface area contributed by atoms with Crippen LogP contribution in [0.4, 0.5) is 11.4 Å². The molecule has 1 aromatic heterocycles. The number of aromatic nitrogens is 1. The van der Waals surface area contributed by atoms with Crippen molar-refractivity contribution < 1.29 is 4.79 Å². The van der Waals surface area contributed by atoms with Crippen LogP contribution >= 0.6 is 11.6 Å². The number of anilines is 2. The van der Waals surface area contributed by atoms with Gasteiger partial charge in [0.1, 0.15) is 11.6 Å². The molecule has 1 heterocycles. The third-order valence-corrected chi connectivity index (χ3v) is 2.73. The van der Waals surface area contributed by atoms with Gasteiger partial charge in [-0.15, -0.1) is 0 Å². The molecule has 2 rings (SSSR count). The molecule has 0 saturated heterocycles. The molecule has 21 heavy (non-hydrogen) atoms. The van der Waals surface area contributed by atoms with Crippen molar-refractivity contribution in [2.24, 2.45) is 0 Å². The first-order valence-corrected chi connectivity index (χ1v) is 6.40. The predicted molar refractivity (Wildman–Crippen MR) is 81.6 cm³/mol. The lowest BCUT2D eigenvalue weighted by Gasteiger charge is -2.05. The summed E-state index contributed by atoms with van der Waals surface area (Å²) in [5.74, 6) is -0.517. The Morgan fingerprint density at radius 1 is 1.29 bits per heavy atom. The smallest absolute Gasteiger partial charge is 0.267 e. The first-order chi connectivity index (χ1) is 10.2. The summed E-state index contributed by atoms with van der Waals surface area (Å²) in [5, 5.41) is 15.0. The zero-order valence-corrected chi connectivity index (χ0v) is 11.6. The Labute approximate surface area is 126 Å². The van der Waals surface area contributed by atoms with Crippen LogP contribution in [0.1, 0.15) is 0 Å². The summed E-state index contributed by atoms with van der Waals surface area (Å²) in [6.07, 6.45) is 4.54. The zero-order valence-electron chi connectivity index (χ0n) is 10.9. The molecule has 2 aromatic rings. The van der Waals surface area contributed by atoms with Crippen molar-refractivity contribution in [3.8, 4) is 6.07 Å². The third-order valence-electron chi connectivity index (χ3n) is 2.49. The van der Waals surface area contributed by atoms with E-state index in [0.29, 0.717) is 16.4 Å². The van der Waals surface area contributed by atoms with E-state index in [9.17, 15) is 4.79 Å². The summed E-state index contributed by atoms with van der Waals surface area (Å²) in [6, 6.07) is 12.1. The van der Waals surface area contributed by atoms with E-state index < -0.39 is 5.91 Å². The molecule has 1 aromatic carbocycles. The summed E-state index contributed by atoms with van der Waals surface area (Å²) in [5.41, 5.74) is 1.15. The lowest BCUT2D eigenvalue weighted by molar-refractivity contribution is -0.112. The molecular formula is C15H11ClN4O. The first-order valence-electron chi connectivity index (χ1n) is 6.03. The fourth-order valence-electron chi connectivity index (χ4n) is 1.52. The molecule has 104 valence electrons. The number of nitrogens with one attached hydrogen (secondary N) is 2. The summed E-state index contributed by atoms with van der Waals surface area (Å²) in [4.78, 5) is 15.9. The number of halogens is 1. The van der Waals surface area contributed by atoms with Crippen molar-refractivity contribution >= 4 is 28.9 Å². The zero-order chi connectivity index (χ0) is 15.1. The van der Waals surface area contributed by atoms with Crippen LogP contribution in [0.2, 0.25) is 5.02 Å². The summed E-state index contributed by atoms with van der Waals surface area (Å²) < 4.78 is 0. The fourth-order valence-corrected chi connectivity index (χ4v) is 1.71. The molecule has 0 spiro atoms. The number of carbonyl (C=O) groups is 1. The highest BCUT2D eigenvalue weighted by Gasteiger charge is 2.09. The van der Waals surface area contributed by atoms with Gasteiger partial charge in [0.25, 0.3) is 5.91 Å². The van der Waals surface area contributed by atoms with E-state index in [1.807, 2.05) is 6.07 Å². The van der Waals surface area contributed by atoms with Crippen LogP contribution in [-0.2, 0) is 4.79 Å². The van der Waals surface area contributed by atoms with Crippen LogP contribution in [0.3, 0.4) is 0 Å². The largest absolute Gasteiger partial charge is 0.359 e. The van der Waals surface area contributed by atoms with Gasteiger partial charge in [-0.25, -0.2) is 0 Å². The molecule has 0 radical (unpaired) electrons. The molecule has 0 aliphatic carbocycles. The number of hydrogen-bond donors (Lipinski definition) is 2. The maximum atomic E-state index is 12.0.